The van der Waals surface area contributed by atoms with Crippen LogP contribution >= 0.6 is 0 Å². The van der Waals surface area contributed by atoms with E-state index in [9.17, 15) is 21.6 Å². The minimum Gasteiger partial charge on any atom is -0.383 e. The van der Waals surface area contributed by atoms with Gasteiger partial charge in [0, 0.05) is 30.9 Å². The first-order chi connectivity index (χ1) is 17.0. The lowest BCUT2D eigenvalue weighted by Crippen LogP contribution is -2.36. The fourth-order valence-electron chi connectivity index (χ4n) is 3.93. The Morgan fingerprint density at radius 3 is 2.61 bits per heavy atom. The number of hydrogen-bond acceptors (Lipinski definition) is 12. The van der Waals surface area contributed by atoms with Gasteiger partial charge in [-0.1, -0.05) is 6.07 Å². The second kappa shape index (κ2) is 9.86. The van der Waals surface area contributed by atoms with Crippen molar-refractivity contribution < 1.29 is 21.6 Å². The van der Waals surface area contributed by atoms with Gasteiger partial charge in [-0.2, -0.15) is 5.21 Å². The summed E-state index contributed by atoms with van der Waals surface area (Å²) in [6.07, 6.45) is 2.06. The lowest BCUT2D eigenvalue weighted by molar-refractivity contribution is 0.0940. The topological polar surface area (TPSA) is 255 Å². The van der Waals surface area contributed by atoms with Gasteiger partial charge < -0.3 is 22.1 Å². The van der Waals surface area contributed by atoms with Crippen LogP contribution in [0.4, 0.5) is 5.82 Å². The molecular weight excluding hydrogens is 512 g/mol. The van der Waals surface area contributed by atoms with E-state index < -0.39 is 41.3 Å². The maximum atomic E-state index is 12.9. The zero-order valence-corrected chi connectivity index (χ0v) is 20.4. The number of nitrogen functional groups attached to an aromatic ring is 1. The normalized spacial score (nSPS) is 16.2. The van der Waals surface area contributed by atoms with E-state index in [2.05, 4.69) is 36.2 Å². The summed E-state index contributed by atoms with van der Waals surface area (Å²) < 4.78 is 51.2. The molecule has 3 heterocycles. The summed E-state index contributed by atoms with van der Waals surface area (Å²) in [4.78, 5) is 15.7. The van der Waals surface area contributed by atoms with Gasteiger partial charge in [0.1, 0.15) is 10.7 Å². The molecule has 192 valence electrons. The minimum atomic E-state index is -4.65. The van der Waals surface area contributed by atoms with Crippen LogP contribution in [0.2, 0.25) is 0 Å². The molecule has 2 aromatic heterocycles. The third-order valence-electron chi connectivity index (χ3n) is 5.57. The molecule has 36 heavy (non-hydrogen) atoms. The summed E-state index contributed by atoms with van der Waals surface area (Å²) >= 11 is 0. The fraction of sp³-hybridized carbons (Fsp3) is 0.316. The highest BCUT2D eigenvalue weighted by Gasteiger charge is 2.32. The van der Waals surface area contributed by atoms with Gasteiger partial charge in [0.25, 0.3) is 5.91 Å². The summed E-state index contributed by atoms with van der Waals surface area (Å²) in [5, 5.41) is 24.8. The van der Waals surface area contributed by atoms with E-state index in [1.807, 2.05) is 0 Å². The molecule has 0 saturated carbocycles. The summed E-state index contributed by atoms with van der Waals surface area (Å²) in [5.74, 6) is -1.27. The van der Waals surface area contributed by atoms with Crippen LogP contribution in [0.5, 0.6) is 0 Å². The SMILES string of the molecule is NCCS(=O)(=O)c1ccc(-c2cnc(N)c(C(=O)NC3CCNC3)c2)c(-c2nn[nH]n2)c1S(N)(=O)=O. The number of carbonyl (C=O) groups excluding carboxylic acids is 1. The molecule has 1 saturated heterocycles. The van der Waals surface area contributed by atoms with E-state index >= 15 is 0 Å². The van der Waals surface area contributed by atoms with Gasteiger partial charge in [0.05, 0.1) is 21.8 Å². The molecule has 17 heteroatoms. The number of amides is 1. The van der Waals surface area contributed by atoms with Crippen LogP contribution in [0, 0.1) is 0 Å². The number of tetrazole rings is 1. The number of primary sulfonamides is 1. The highest BCUT2D eigenvalue weighted by Crippen LogP contribution is 2.39. The van der Waals surface area contributed by atoms with Gasteiger partial charge in [-0.05, 0) is 35.9 Å². The smallest absolute Gasteiger partial charge is 0.255 e. The van der Waals surface area contributed by atoms with Gasteiger partial charge in [-0.3, -0.25) is 4.79 Å². The average Bonchev–Trinajstić information content (AvgIpc) is 3.52. The molecule has 1 amide bonds. The fourth-order valence-corrected chi connectivity index (χ4v) is 6.69. The standard InChI is InChI=1S/C19H24N10O5S2/c20-4-6-35(31,32)14-2-1-12(15(16(14)36(22,33)34)18-26-28-29-27-18)10-7-13(17(21)24-8-10)19(30)25-11-3-5-23-9-11/h1-2,7-8,11,23H,3-6,9,20H2,(H2,21,24)(H,25,30)(H2,22,33,34)(H,26,27,28,29). The molecule has 1 aliphatic heterocycles. The predicted octanol–water partition coefficient (Wildman–Crippen LogP) is -2.02. The second-order valence-electron chi connectivity index (χ2n) is 8.02. The molecule has 1 fully saturated rings. The summed E-state index contributed by atoms with van der Waals surface area (Å²) in [7, 11) is -8.80. The van der Waals surface area contributed by atoms with E-state index in [4.69, 9.17) is 16.6 Å². The van der Waals surface area contributed by atoms with Gasteiger partial charge >= 0.3 is 0 Å². The highest BCUT2D eigenvalue weighted by molar-refractivity contribution is 7.93. The van der Waals surface area contributed by atoms with Crippen molar-refractivity contribution in [2.45, 2.75) is 22.3 Å². The van der Waals surface area contributed by atoms with Crippen LogP contribution in [-0.2, 0) is 19.9 Å². The molecule has 0 spiro atoms. The monoisotopic (exact) mass is 536 g/mol. The van der Waals surface area contributed by atoms with Crippen molar-refractivity contribution >= 4 is 31.6 Å². The third kappa shape index (κ3) is 5.05. The van der Waals surface area contributed by atoms with Crippen molar-refractivity contribution in [2.75, 3.05) is 31.1 Å². The van der Waals surface area contributed by atoms with E-state index in [-0.39, 0.29) is 46.5 Å². The number of sulfonamides is 1. The van der Waals surface area contributed by atoms with Crippen LogP contribution in [-0.4, -0.2) is 79.8 Å². The van der Waals surface area contributed by atoms with Gasteiger partial charge in [0.2, 0.25) is 15.8 Å². The molecule has 0 radical (unpaired) electrons. The molecule has 3 aromatic rings. The Labute approximate surface area is 206 Å². The molecule has 1 unspecified atom stereocenters. The number of nitrogens with zero attached hydrogens (tertiary/aromatic N) is 4. The minimum absolute atomic E-state index is 0.0443. The van der Waals surface area contributed by atoms with Crippen molar-refractivity contribution in [2.24, 2.45) is 10.9 Å². The first-order valence-corrected chi connectivity index (χ1v) is 13.9. The van der Waals surface area contributed by atoms with E-state index in [0.29, 0.717) is 6.54 Å². The number of benzene rings is 1. The van der Waals surface area contributed by atoms with Gasteiger partial charge in [-0.25, -0.2) is 27.0 Å². The maximum Gasteiger partial charge on any atom is 0.255 e. The lowest BCUT2D eigenvalue weighted by atomic mass is 9.98. The zero-order chi connectivity index (χ0) is 26.1. The number of anilines is 1. The Morgan fingerprint density at radius 1 is 1.22 bits per heavy atom. The third-order valence-corrected chi connectivity index (χ3v) is 8.47. The van der Waals surface area contributed by atoms with Crippen LogP contribution in [0.1, 0.15) is 16.8 Å². The van der Waals surface area contributed by atoms with Crippen molar-refractivity contribution in [3.05, 3.63) is 30.0 Å². The number of pyridine rings is 1. The summed E-state index contributed by atoms with van der Waals surface area (Å²) in [6, 6.07) is 3.78. The van der Waals surface area contributed by atoms with Crippen LogP contribution < -0.4 is 27.2 Å². The Bertz CT molecular complexity index is 1500. The Hall–Kier alpha value is -3.51. The molecule has 1 aromatic carbocycles. The summed E-state index contributed by atoms with van der Waals surface area (Å²) in [6.45, 7) is 1.13. The van der Waals surface area contributed by atoms with Crippen molar-refractivity contribution in [3.63, 3.8) is 0 Å². The number of aromatic amines is 1. The molecule has 1 aliphatic rings. The molecule has 0 aliphatic carbocycles. The quantitative estimate of drug-likeness (QED) is 0.182. The van der Waals surface area contributed by atoms with Crippen LogP contribution in [0.25, 0.3) is 22.5 Å². The van der Waals surface area contributed by atoms with Gasteiger partial charge in [0.15, 0.2) is 9.84 Å². The predicted molar refractivity (Wildman–Crippen MR) is 128 cm³/mol. The highest BCUT2D eigenvalue weighted by atomic mass is 32.2. The lowest BCUT2D eigenvalue weighted by Gasteiger charge is -2.17. The molecule has 9 N–H and O–H groups in total. The van der Waals surface area contributed by atoms with Gasteiger partial charge in [-0.15, -0.1) is 10.2 Å². The second-order valence-corrected chi connectivity index (χ2v) is 11.6. The number of nitrogens with two attached hydrogens (primary N) is 3. The maximum absolute atomic E-state index is 12.9. The number of nitrogens with one attached hydrogen (secondary N) is 3. The Balaban J connectivity index is 1.95. The van der Waals surface area contributed by atoms with Crippen molar-refractivity contribution in [1.29, 1.82) is 0 Å². The number of rotatable bonds is 8. The van der Waals surface area contributed by atoms with Crippen LogP contribution in [0.15, 0.2) is 34.2 Å². The zero-order valence-electron chi connectivity index (χ0n) is 18.8. The molecule has 4 rings (SSSR count). The molecular formula is C19H24N10O5S2. The Morgan fingerprint density at radius 2 is 2.00 bits per heavy atom. The van der Waals surface area contributed by atoms with Crippen molar-refractivity contribution in [3.8, 4) is 22.5 Å². The largest absolute Gasteiger partial charge is 0.383 e. The number of H-pyrrole nitrogens is 1. The molecule has 0 bridgehead atoms. The van der Waals surface area contributed by atoms with Crippen molar-refractivity contribution in [1.82, 2.24) is 36.2 Å². The molecule has 15 nitrogen and oxygen atoms in total. The van der Waals surface area contributed by atoms with E-state index in [0.717, 1.165) is 19.0 Å². The number of aromatic nitrogens is 5. The summed E-state index contributed by atoms with van der Waals surface area (Å²) in [5.41, 5.74) is 11.6. The average molecular weight is 537 g/mol. The van der Waals surface area contributed by atoms with E-state index in [1.54, 1.807) is 0 Å². The van der Waals surface area contributed by atoms with E-state index in [1.165, 1.54) is 18.3 Å². The van der Waals surface area contributed by atoms with Crippen LogP contribution in [0.3, 0.4) is 0 Å². The first-order valence-electron chi connectivity index (χ1n) is 10.7. The Kier molecular flexibility index (Phi) is 7.01. The number of carbonyl (C=O) groups is 1. The number of hydrogen-bond donors (Lipinski definition) is 6. The molecule has 1 atom stereocenters. The first kappa shape index (κ1) is 25.6. The number of sulfone groups is 1.